The Bertz CT molecular complexity index is 710. The van der Waals surface area contributed by atoms with Gasteiger partial charge in [0.2, 0.25) is 0 Å². The molecule has 122 valence electrons. The Morgan fingerprint density at radius 1 is 1.13 bits per heavy atom. The molecule has 0 unspecified atom stereocenters. The molecule has 23 heavy (non-hydrogen) atoms. The standard InChI is InChI=1S/C17H18ClNO4/c18-11-2-1-6(20)3-9(11)17(23)19-12-5-7-8-4-10(13(7)16(12)22)14(19)15(8)21/h1-3,7-8,10,12-16,20-22H,4-5H2/t7-,8-,10+,12+,13+,14-,15+,16-/m1/s1. The second-order valence-corrected chi connectivity index (χ2v) is 7.86. The molecule has 1 amide bonds. The minimum Gasteiger partial charge on any atom is -0.508 e. The molecule has 1 saturated heterocycles. The smallest absolute Gasteiger partial charge is 0.256 e. The Morgan fingerprint density at radius 2 is 1.91 bits per heavy atom. The minimum absolute atomic E-state index is 0.0197. The number of fused-ring (bicyclic) bond motifs is 3. The molecule has 3 aliphatic carbocycles. The number of likely N-dealkylation sites (tertiary alicyclic amines) is 1. The maximum absolute atomic E-state index is 13.1. The van der Waals surface area contributed by atoms with Crippen LogP contribution in [0, 0.1) is 23.7 Å². The molecule has 1 aliphatic heterocycles. The number of aromatic hydroxyl groups is 1. The van der Waals surface area contributed by atoms with E-state index in [-0.39, 0.29) is 52.1 Å². The Kier molecular flexibility index (Phi) is 2.70. The van der Waals surface area contributed by atoms with Crippen LogP contribution >= 0.6 is 11.6 Å². The summed E-state index contributed by atoms with van der Waals surface area (Å²) >= 11 is 6.15. The van der Waals surface area contributed by atoms with Gasteiger partial charge in [-0.2, -0.15) is 0 Å². The van der Waals surface area contributed by atoms with Crippen LogP contribution in [0.5, 0.6) is 5.75 Å². The van der Waals surface area contributed by atoms with Gasteiger partial charge in [-0.3, -0.25) is 4.79 Å². The summed E-state index contributed by atoms with van der Waals surface area (Å²) in [7, 11) is 0. The molecule has 0 radical (unpaired) electrons. The maximum Gasteiger partial charge on any atom is 0.256 e. The highest BCUT2D eigenvalue weighted by atomic mass is 35.5. The number of carbonyl (C=O) groups is 1. The van der Waals surface area contributed by atoms with Crippen LogP contribution in [0.1, 0.15) is 23.2 Å². The second kappa shape index (κ2) is 4.41. The van der Waals surface area contributed by atoms with E-state index in [0.29, 0.717) is 5.92 Å². The monoisotopic (exact) mass is 335 g/mol. The van der Waals surface area contributed by atoms with Gasteiger partial charge >= 0.3 is 0 Å². The molecular formula is C17H18ClNO4. The zero-order chi connectivity index (χ0) is 16.0. The molecule has 4 fully saturated rings. The number of amides is 1. The molecule has 1 heterocycles. The molecular weight excluding hydrogens is 318 g/mol. The molecule has 1 aromatic rings. The number of phenols is 1. The summed E-state index contributed by atoms with van der Waals surface area (Å²) in [6.07, 6.45) is 0.614. The zero-order valence-electron chi connectivity index (χ0n) is 12.3. The minimum atomic E-state index is -0.515. The number of phenolic OH excluding ortho intramolecular Hbond substituents is 1. The van der Waals surface area contributed by atoms with Gasteiger partial charge in [-0.25, -0.2) is 0 Å². The first-order valence-corrected chi connectivity index (χ1v) is 8.54. The maximum atomic E-state index is 13.1. The van der Waals surface area contributed by atoms with Crippen LogP contribution in [0.3, 0.4) is 0 Å². The molecule has 3 saturated carbocycles. The molecule has 4 bridgehead atoms. The van der Waals surface area contributed by atoms with Crippen molar-refractivity contribution in [1.82, 2.24) is 4.90 Å². The summed E-state index contributed by atoms with van der Waals surface area (Å²) in [4.78, 5) is 14.8. The molecule has 5 nitrogen and oxygen atoms in total. The van der Waals surface area contributed by atoms with E-state index in [1.807, 2.05) is 0 Å². The van der Waals surface area contributed by atoms with E-state index in [1.54, 1.807) is 4.90 Å². The van der Waals surface area contributed by atoms with Gasteiger partial charge in [0.25, 0.3) is 5.91 Å². The van der Waals surface area contributed by atoms with Crippen molar-refractivity contribution in [2.75, 3.05) is 0 Å². The third kappa shape index (κ3) is 1.58. The van der Waals surface area contributed by atoms with Gasteiger partial charge in [-0.15, -0.1) is 0 Å². The number of carbonyl (C=O) groups excluding carboxylic acids is 1. The number of rotatable bonds is 1. The quantitative estimate of drug-likeness (QED) is 0.721. The first-order chi connectivity index (χ1) is 11.0. The highest BCUT2D eigenvalue weighted by Gasteiger charge is 2.70. The Balaban J connectivity index is 1.60. The predicted molar refractivity (Wildman–Crippen MR) is 82.1 cm³/mol. The van der Waals surface area contributed by atoms with E-state index in [0.717, 1.165) is 12.8 Å². The Hall–Kier alpha value is -1.30. The topological polar surface area (TPSA) is 81.0 Å². The van der Waals surface area contributed by atoms with Crippen LogP contribution in [0.4, 0.5) is 0 Å². The summed E-state index contributed by atoms with van der Waals surface area (Å²) in [6.45, 7) is 0. The van der Waals surface area contributed by atoms with Crippen LogP contribution in [0.2, 0.25) is 5.02 Å². The Morgan fingerprint density at radius 3 is 2.70 bits per heavy atom. The summed E-state index contributed by atoms with van der Waals surface area (Å²) < 4.78 is 0. The summed E-state index contributed by atoms with van der Waals surface area (Å²) in [5.41, 5.74) is 0.233. The van der Waals surface area contributed by atoms with Gasteiger partial charge in [-0.1, -0.05) is 11.6 Å². The van der Waals surface area contributed by atoms with Gasteiger partial charge in [0.05, 0.1) is 34.9 Å². The number of benzene rings is 1. The highest BCUT2D eigenvalue weighted by molar-refractivity contribution is 6.33. The molecule has 1 aromatic carbocycles. The number of aliphatic hydroxyl groups excluding tert-OH is 2. The van der Waals surface area contributed by atoms with E-state index in [4.69, 9.17) is 11.6 Å². The molecule has 8 atom stereocenters. The largest absolute Gasteiger partial charge is 0.508 e. The van der Waals surface area contributed by atoms with Crippen LogP contribution in [-0.4, -0.2) is 50.4 Å². The average Bonchev–Trinajstić information content (AvgIpc) is 3.08. The first kappa shape index (κ1) is 14.1. The van der Waals surface area contributed by atoms with Crippen LogP contribution in [0.15, 0.2) is 18.2 Å². The SMILES string of the molecule is O=C(c1cc(O)ccc1Cl)N1[C@H]2[C@@H](O)[C@@H]3C[C@H]2[C@H]2[C@H](O)[C@@H]1C[C@H]32. The summed E-state index contributed by atoms with van der Waals surface area (Å²) in [6, 6.07) is 3.81. The summed E-state index contributed by atoms with van der Waals surface area (Å²) in [5, 5.41) is 31.3. The number of aliphatic hydroxyl groups is 2. The number of piperidine rings is 1. The lowest BCUT2D eigenvalue weighted by molar-refractivity contribution is -0.0836. The van der Waals surface area contributed by atoms with Crippen LogP contribution in [0.25, 0.3) is 0 Å². The van der Waals surface area contributed by atoms with Crippen molar-refractivity contribution in [3.05, 3.63) is 28.8 Å². The average molecular weight is 336 g/mol. The summed E-state index contributed by atoms with van der Waals surface area (Å²) in [5.74, 6) is 0.603. The fourth-order valence-electron chi connectivity index (χ4n) is 6.00. The van der Waals surface area contributed by atoms with E-state index in [9.17, 15) is 20.1 Å². The normalized spacial score (nSPS) is 46.0. The number of nitrogens with zero attached hydrogens (tertiary/aromatic N) is 1. The van der Waals surface area contributed by atoms with Crippen LogP contribution in [-0.2, 0) is 0 Å². The van der Waals surface area contributed by atoms with Crippen molar-refractivity contribution in [2.24, 2.45) is 23.7 Å². The van der Waals surface area contributed by atoms with Gasteiger partial charge < -0.3 is 20.2 Å². The molecule has 5 rings (SSSR count). The molecule has 6 heteroatoms. The van der Waals surface area contributed by atoms with Crippen molar-refractivity contribution in [1.29, 1.82) is 0 Å². The molecule has 0 aromatic heterocycles. The van der Waals surface area contributed by atoms with E-state index < -0.39 is 12.2 Å². The number of halogens is 1. The van der Waals surface area contributed by atoms with Gasteiger partial charge in [0.1, 0.15) is 5.75 Å². The van der Waals surface area contributed by atoms with Crippen molar-refractivity contribution in [3.63, 3.8) is 0 Å². The molecule has 4 aliphatic rings. The van der Waals surface area contributed by atoms with E-state index in [1.165, 1.54) is 18.2 Å². The zero-order valence-corrected chi connectivity index (χ0v) is 13.1. The van der Waals surface area contributed by atoms with Crippen LogP contribution < -0.4 is 0 Å². The van der Waals surface area contributed by atoms with Crippen molar-refractivity contribution < 1.29 is 20.1 Å². The van der Waals surface area contributed by atoms with Crippen molar-refractivity contribution >= 4 is 17.5 Å². The lowest BCUT2D eigenvalue weighted by Crippen LogP contribution is -2.62. The molecule has 0 spiro atoms. The fraction of sp³-hybridized carbons (Fsp3) is 0.588. The third-order valence-electron chi connectivity index (χ3n) is 6.71. The van der Waals surface area contributed by atoms with Gasteiger partial charge in [0, 0.05) is 0 Å². The Labute approximate surface area is 138 Å². The van der Waals surface area contributed by atoms with Crippen molar-refractivity contribution in [3.8, 4) is 5.75 Å². The third-order valence-corrected chi connectivity index (χ3v) is 7.04. The lowest BCUT2D eigenvalue weighted by atomic mass is 9.75. The van der Waals surface area contributed by atoms with Gasteiger partial charge in [0.15, 0.2) is 0 Å². The van der Waals surface area contributed by atoms with Gasteiger partial charge in [-0.05, 0) is 54.7 Å². The number of hydrogen-bond acceptors (Lipinski definition) is 4. The first-order valence-electron chi connectivity index (χ1n) is 8.16. The van der Waals surface area contributed by atoms with E-state index in [2.05, 4.69) is 0 Å². The van der Waals surface area contributed by atoms with Crippen molar-refractivity contribution in [2.45, 2.75) is 37.1 Å². The lowest BCUT2D eigenvalue weighted by Gasteiger charge is -2.48. The second-order valence-electron chi connectivity index (χ2n) is 7.46. The highest BCUT2D eigenvalue weighted by Crippen LogP contribution is 2.64. The van der Waals surface area contributed by atoms with E-state index >= 15 is 0 Å². The predicted octanol–water partition coefficient (Wildman–Crippen LogP) is 1.25. The fourth-order valence-corrected chi connectivity index (χ4v) is 6.20. The number of hydrogen-bond donors (Lipinski definition) is 3. The molecule has 3 N–H and O–H groups in total.